The molecule has 0 N–H and O–H groups in total. The largest absolute Gasteiger partial charge is 0.471 e. The number of hydrogen-bond donors (Lipinski definition) is 0. The van der Waals surface area contributed by atoms with Gasteiger partial charge in [-0.15, -0.1) is 0 Å². The molecule has 0 fully saturated rings. The third kappa shape index (κ3) is 10.1. The zero-order chi connectivity index (χ0) is 8.36. The van der Waals surface area contributed by atoms with Crippen molar-refractivity contribution in [1.82, 2.24) is 0 Å². The molecule has 1 aliphatic rings. The Morgan fingerprint density at radius 2 is 1.18 bits per heavy atom. The predicted octanol–water partition coefficient (Wildman–Crippen LogP) is 0.461. The maximum absolute atomic E-state index is 4.53. The molecule has 0 saturated carbocycles. The van der Waals surface area contributed by atoms with Gasteiger partial charge in [-0.05, 0) is 25.7 Å². The van der Waals surface area contributed by atoms with Crippen LogP contribution in [0.15, 0.2) is 12.2 Å². The quantitative estimate of drug-likeness (QED) is 0.396. The predicted molar refractivity (Wildman–Crippen MR) is 57.8 cm³/mol. The lowest BCUT2D eigenvalue weighted by atomic mass is 10.1. The summed E-state index contributed by atoms with van der Waals surface area (Å²) in [5.74, 6) is 0. The molecule has 0 aromatic rings. The van der Waals surface area contributed by atoms with Crippen LogP contribution in [0, 0.1) is 0 Å². The van der Waals surface area contributed by atoms with Gasteiger partial charge in [-0.25, -0.2) is 0 Å². The van der Waals surface area contributed by atoms with Gasteiger partial charge < -0.3 is 4.12 Å². The molecule has 1 nitrogen and oxygen atoms in total. The van der Waals surface area contributed by atoms with Crippen molar-refractivity contribution in [1.29, 1.82) is 0 Å². The van der Waals surface area contributed by atoms with E-state index in [1.54, 1.807) is 0 Å². The summed E-state index contributed by atoms with van der Waals surface area (Å²) in [6.07, 6.45) is 13.0. The van der Waals surface area contributed by atoms with Crippen molar-refractivity contribution in [2.24, 2.45) is 0 Å². The van der Waals surface area contributed by atoms with E-state index in [4.69, 9.17) is 0 Å². The minimum Gasteiger partial charge on any atom is -0.471 e. The van der Waals surface area contributed by atoms with Crippen LogP contribution >= 0.6 is 0 Å². The Labute approximate surface area is 76.3 Å². The van der Waals surface area contributed by atoms with Gasteiger partial charge in [0.05, 0.1) is 0 Å². The second-order valence-corrected chi connectivity index (χ2v) is 6.14. The summed E-state index contributed by atoms with van der Waals surface area (Å²) < 4.78 is 4.53. The van der Waals surface area contributed by atoms with E-state index >= 15 is 0 Å². The van der Waals surface area contributed by atoms with Crippen LogP contribution in [0.4, 0.5) is 0 Å². The first-order valence-corrected chi connectivity index (χ1v) is 6.10. The fourth-order valence-electron chi connectivity index (χ4n) is 1.11. The van der Waals surface area contributed by atoms with Crippen molar-refractivity contribution in [2.45, 2.75) is 38.5 Å². The van der Waals surface area contributed by atoms with Gasteiger partial charge in [-0.2, -0.15) is 0 Å². The van der Waals surface area contributed by atoms with Gasteiger partial charge in [0.15, 0.2) is 0 Å². The summed E-state index contributed by atoms with van der Waals surface area (Å²) in [4.78, 5) is 0. The van der Waals surface area contributed by atoms with Crippen LogP contribution in [-0.4, -0.2) is 21.0 Å². The highest BCUT2D eigenvalue weighted by Gasteiger charge is 1.89. The SMILES string of the molecule is C1=C/CCCCCC/1.[SiH3]O[SiH3]. The molecule has 0 aromatic carbocycles. The van der Waals surface area contributed by atoms with Crippen LogP contribution in [0.2, 0.25) is 0 Å². The first-order chi connectivity index (χ1) is 5.41. The number of allylic oxidation sites excluding steroid dienone is 2. The molecule has 0 unspecified atom stereocenters. The number of rotatable bonds is 0. The maximum Gasteiger partial charge on any atom is 0.129 e. The molecule has 0 amide bonds. The molecule has 1 rings (SSSR count). The molecule has 0 atom stereocenters. The van der Waals surface area contributed by atoms with E-state index in [1.165, 1.54) is 38.5 Å². The Hall–Kier alpha value is 0.134. The van der Waals surface area contributed by atoms with Crippen molar-refractivity contribution >= 4 is 21.0 Å². The van der Waals surface area contributed by atoms with E-state index in [0.717, 1.165) is 21.0 Å². The molecule has 1 aliphatic carbocycles. The van der Waals surface area contributed by atoms with Gasteiger partial charge >= 0.3 is 0 Å². The van der Waals surface area contributed by atoms with E-state index in [9.17, 15) is 0 Å². The van der Waals surface area contributed by atoms with Crippen molar-refractivity contribution in [3.05, 3.63) is 12.2 Å². The Morgan fingerprint density at radius 1 is 0.818 bits per heavy atom. The Kier molecular flexibility index (Phi) is 10.3. The zero-order valence-corrected chi connectivity index (χ0v) is 11.8. The molecule has 0 heterocycles. The second kappa shape index (κ2) is 10.1. The van der Waals surface area contributed by atoms with Crippen molar-refractivity contribution in [2.75, 3.05) is 0 Å². The number of hydrogen-bond acceptors (Lipinski definition) is 1. The Bertz CT molecular complexity index is 84.1. The van der Waals surface area contributed by atoms with Crippen LogP contribution in [0.3, 0.4) is 0 Å². The molecule has 3 heteroatoms. The van der Waals surface area contributed by atoms with Gasteiger partial charge in [0.25, 0.3) is 0 Å². The molecular weight excluding hydrogens is 168 g/mol. The first-order valence-electron chi connectivity index (χ1n) is 4.47. The van der Waals surface area contributed by atoms with Crippen molar-refractivity contribution in [3.8, 4) is 0 Å². The van der Waals surface area contributed by atoms with Gasteiger partial charge in [-0.1, -0.05) is 25.0 Å². The molecule has 0 saturated heterocycles. The third-order valence-electron chi connectivity index (χ3n) is 1.66. The normalized spacial score (nSPS) is 21.1. The summed E-state index contributed by atoms with van der Waals surface area (Å²) in [5.41, 5.74) is 0. The highest BCUT2D eigenvalue weighted by atomic mass is 28.3. The van der Waals surface area contributed by atoms with Crippen LogP contribution in [0.1, 0.15) is 38.5 Å². The summed E-state index contributed by atoms with van der Waals surface area (Å²) in [6, 6.07) is 0. The fourth-order valence-corrected chi connectivity index (χ4v) is 1.11. The monoisotopic (exact) mass is 188 g/mol. The lowest BCUT2D eigenvalue weighted by molar-refractivity contribution is 0.638. The lowest BCUT2D eigenvalue weighted by Gasteiger charge is -2.00. The van der Waals surface area contributed by atoms with E-state index in [1.807, 2.05) is 0 Å². The van der Waals surface area contributed by atoms with Crippen molar-refractivity contribution in [3.63, 3.8) is 0 Å². The maximum atomic E-state index is 4.53. The highest BCUT2D eigenvalue weighted by Crippen LogP contribution is 2.09. The second-order valence-electron chi connectivity index (χ2n) is 2.87. The minimum atomic E-state index is 0.931. The highest BCUT2D eigenvalue weighted by molar-refractivity contribution is 6.15. The molecule has 0 aliphatic heterocycles. The van der Waals surface area contributed by atoms with Crippen LogP contribution in [0.25, 0.3) is 0 Å². The fraction of sp³-hybridized carbons (Fsp3) is 0.750. The molecule has 66 valence electrons. The third-order valence-corrected chi connectivity index (χ3v) is 1.66. The van der Waals surface area contributed by atoms with Crippen molar-refractivity contribution < 1.29 is 4.12 Å². The average molecular weight is 188 g/mol. The average Bonchev–Trinajstić information content (AvgIpc) is 1.86. The van der Waals surface area contributed by atoms with Crippen LogP contribution < -0.4 is 0 Å². The van der Waals surface area contributed by atoms with Gasteiger partial charge in [-0.3, -0.25) is 0 Å². The van der Waals surface area contributed by atoms with Gasteiger partial charge in [0, 0.05) is 0 Å². The molecule has 11 heavy (non-hydrogen) atoms. The summed E-state index contributed by atoms with van der Waals surface area (Å²) >= 11 is 0. The van der Waals surface area contributed by atoms with E-state index in [-0.39, 0.29) is 0 Å². The van der Waals surface area contributed by atoms with Crippen LogP contribution in [0.5, 0.6) is 0 Å². The van der Waals surface area contributed by atoms with E-state index in [2.05, 4.69) is 16.3 Å². The van der Waals surface area contributed by atoms with Crippen LogP contribution in [-0.2, 0) is 4.12 Å². The topological polar surface area (TPSA) is 9.23 Å². The van der Waals surface area contributed by atoms with Gasteiger partial charge in [0.2, 0.25) is 0 Å². The summed E-state index contributed by atoms with van der Waals surface area (Å²) in [5, 5.41) is 0. The molecular formula is C8H20OSi2. The minimum absolute atomic E-state index is 0.931. The molecule has 0 aromatic heterocycles. The zero-order valence-electron chi connectivity index (χ0n) is 7.81. The summed E-state index contributed by atoms with van der Waals surface area (Å²) in [7, 11) is 1.86. The van der Waals surface area contributed by atoms with E-state index in [0.29, 0.717) is 0 Å². The first kappa shape index (κ1) is 11.1. The standard InChI is InChI=1S/C8H14.H6OSi2/c1-2-4-6-8-7-5-3-1;2-1-3/h1-2H,3-8H2;2-3H3/b2-1+;. The molecule has 0 bridgehead atoms. The molecule has 0 spiro atoms. The van der Waals surface area contributed by atoms with Gasteiger partial charge in [0.1, 0.15) is 21.0 Å². The van der Waals surface area contributed by atoms with E-state index < -0.39 is 0 Å². The smallest absolute Gasteiger partial charge is 0.129 e. The Morgan fingerprint density at radius 3 is 1.55 bits per heavy atom. The Balaban J connectivity index is 0.000000292. The lowest BCUT2D eigenvalue weighted by Crippen LogP contribution is -1.80. The summed E-state index contributed by atoms with van der Waals surface area (Å²) in [6.45, 7) is 0. The molecule has 0 radical (unpaired) electrons.